The Morgan fingerprint density at radius 2 is 2.17 bits per heavy atom. The van der Waals surface area contributed by atoms with Crippen molar-refractivity contribution < 1.29 is 4.74 Å². The van der Waals surface area contributed by atoms with Crippen molar-refractivity contribution >= 4 is 0 Å². The number of hydrogen-bond donors (Lipinski definition) is 1. The number of rotatable bonds is 7. The Balaban J connectivity index is 1.70. The summed E-state index contributed by atoms with van der Waals surface area (Å²) in [5.41, 5.74) is 0. The molecule has 0 spiro atoms. The van der Waals surface area contributed by atoms with Crippen LogP contribution in [0.4, 0.5) is 0 Å². The summed E-state index contributed by atoms with van der Waals surface area (Å²) in [7, 11) is 0. The standard InChI is InChI=1S/C10H21NO/c1-2-6-11-7-8-12-9-10-4-3-5-10/h10-11H,2-9H2,1H3. The smallest absolute Gasteiger partial charge is 0.0591 e. The molecule has 0 aromatic carbocycles. The third kappa shape index (κ3) is 4.07. The van der Waals surface area contributed by atoms with E-state index in [1.165, 1.54) is 25.7 Å². The lowest BCUT2D eigenvalue weighted by Crippen LogP contribution is -2.23. The minimum Gasteiger partial charge on any atom is -0.380 e. The topological polar surface area (TPSA) is 21.3 Å². The van der Waals surface area contributed by atoms with Gasteiger partial charge in [-0.2, -0.15) is 0 Å². The van der Waals surface area contributed by atoms with Gasteiger partial charge in [0.2, 0.25) is 0 Å². The molecule has 72 valence electrons. The molecule has 0 amide bonds. The average molecular weight is 171 g/mol. The van der Waals surface area contributed by atoms with Crippen molar-refractivity contribution in [3.63, 3.8) is 0 Å². The van der Waals surface area contributed by atoms with E-state index in [1.54, 1.807) is 0 Å². The SMILES string of the molecule is CCCNCCOCC1CCC1. The molecule has 2 nitrogen and oxygen atoms in total. The van der Waals surface area contributed by atoms with Crippen molar-refractivity contribution in [3.05, 3.63) is 0 Å². The number of nitrogens with one attached hydrogen (secondary N) is 1. The van der Waals surface area contributed by atoms with Crippen LogP contribution in [0.5, 0.6) is 0 Å². The Morgan fingerprint density at radius 3 is 2.75 bits per heavy atom. The summed E-state index contributed by atoms with van der Waals surface area (Å²) in [4.78, 5) is 0. The third-order valence-electron chi connectivity index (χ3n) is 2.43. The predicted molar refractivity (Wildman–Crippen MR) is 51.3 cm³/mol. The fourth-order valence-electron chi connectivity index (χ4n) is 1.36. The second kappa shape index (κ2) is 6.44. The summed E-state index contributed by atoms with van der Waals surface area (Å²) in [6, 6.07) is 0. The molecular weight excluding hydrogens is 150 g/mol. The molecule has 0 radical (unpaired) electrons. The van der Waals surface area contributed by atoms with E-state index in [0.29, 0.717) is 0 Å². The predicted octanol–water partition coefficient (Wildman–Crippen LogP) is 1.80. The number of hydrogen-bond acceptors (Lipinski definition) is 2. The molecule has 1 N–H and O–H groups in total. The molecule has 0 aromatic rings. The number of ether oxygens (including phenoxy) is 1. The molecule has 1 saturated carbocycles. The van der Waals surface area contributed by atoms with Gasteiger partial charge in [-0.1, -0.05) is 13.3 Å². The van der Waals surface area contributed by atoms with Crippen LogP contribution in [0.1, 0.15) is 32.6 Å². The highest BCUT2D eigenvalue weighted by Crippen LogP contribution is 2.25. The van der Waals surface area contributed by atoms with E-state index in [4.69, 9.17) is 4.74 Å². The molecule has 0 bridgehead atoms. The van der Waals surface area contributed by atoms with Gasteiger partial charge in [-0.25, -0.2) is 0 Å². The summed E-state index contributed by atoms with van der Waals surface area (Å²) in [6.07, 6.45) is 5.41. The van der Waals surface area contributed by atoms with Crippen LogP contribution in [0, 0.1) is 5.92 Å². The van der Waals surface area contributed by atoms with Crippen molar-refractivity contribution in [2.45, 2.75) is 32.6 Å². The van der Waals surface area contributed by atoms with E-state index >= 15 is 0 Å². The second-order valence-electron chi connectivity index (χ2n) is 3.62. The molecule has 0 atom stereocenters. The molecule has 1 rings (SSSR count). The van der Waals surface area contributed by atoms with E-state index in [2.05, 4.69) is 12.2 Å². The molecule has 0 saturated heterocycles. The maximum absolute atomic E-state index is 5.52. The Hall–Kier alpha value is -0.0800. The maximum atomic E-state index is 5.52. The highest BCUT2D eigenvalue weighted by molar-refractivity contribution is 4.68. The molecule has 1 aliphatic carbocycles. The van der Waals surface area contributed by atoms with Gasteiger partial charge in [0.25, 0.3) is 0 Å². The zero-order valence-electron chi connectivity index (χ0n) is 8.14. The maximum Gasteiger partial charge on any atom is 0.0591 e. The summed E-state index contributed by atoms with van der Waals surface area (Å²) < 4.78 is 5.52. The summed E-state index contributed by atoms with van der Waals surface area (Å²) in [6.45, 7) is 6.19. The van der Waals surface area contributed by atoms with Gasteiger partial charge in [0.1, 0.15) is 0 Å². The third-order valence-corrected chi connectivity index (χ3v) is 2.43. The molecule has 0 unspecified atom stereocenters. The quantitative estimate of drug-likeness (QED) is 0.590. The van der Waals surface area contributed by atoms with Crippen molar-refractivity contribution in [3.8, 4) is 0 Å². The van der Waals surface area contributed by atoms with Gasteiger partial charge in [-0.3, -0.25) is 0 Å². The Morgan fingerprint density at radius 1 is 1.33 bits per heavy atom. The lowest BCUT2D eigenvalue weighted by molar-refractivity contribution is 0.0720. The zero-order chi connectivity index (χ0) is 8.65. The first-order valence-corrected chi connectivity index (χ1v) is 5.22. The van der Waals surface area contributed by atoms with Crippen molar-refractivity contribution in [2.75, 3.05) is 26.3 Å². The summed E-state index contributed by atoms with van der Waals surface area (Å²) >= 11 is 0. The van der Waals surface area contributed by atoms with Gasteiger partial charge in [-0.05, 0) is 31.7 Å². The van der Waals surface area contributed by atoms with Gasteiger partial charge in [0.15, 0.2) is 0 Å². The largest absolute Gasteiger partial charge is 0.380 e. The van der Waals surface area contributed by atoms with Crippen LogP contribution >= 0.6 is 0 Å². The van der Waals surface area contributed by atoms with Crippen LogP contribution in [-0.4, -0.2) is 26.3 Å². The lowest BCUT2D eigenvalue weighted by Gasteiger charge is -2.24. The highest BCUT2D eigenvalue weighted by atomic mass is 16.5. The molecule has 1 fully saturated rings. The van der Waals surface area contributed by atoms with E-state index < -0.39 is 0 Å². The Labute approximate surface area is 75.7 Å². The molecule has 12 heavy (non-hydrogen) atoms. The molecule has 0 aromatic heterocycles. The van der Waals surface area contributed by atoms with Crippen LogP contribution in [0.2, 0.25) is 0 Å². The minimum atomic E-state index is 0.885. The van der Waals surface area contributed by atoms with Gasteiger partial charge >= 0.3 is 0 Å². The second-order valence-corrected chi connectivity index (χ2v) is 3.62. The van der Waals surface area contributed by atoms with E-state index in [0.717, 1.165) is 32.2 Å². The summed E-state index contributed by atoms with van der Waals surface area (Å²) in [5, 5.41) is 3.32. The lowest BCUT2D eigenvalue weighted by atomic mass is 9.86. The van der Waals surface area contributed by atoms with Gasteiger partial charge in [0, 0.05) is 13.2 Å². The van der Waals surface area contributed by atoms with Gasteiger partial charge < -0.3 is 10.1 Å². The monoisotopic (exact) mass is 171 g/mol. The summed E-state index contributed by atoms with van der Waals surface area (Å²) in [5.74, 6) is 0.885. The Bertz CT molecular complexity index is 102. The zero-order valence-corrected chi connectivity index (χ0v) is 8.14. The first-order valence-electron chi connectivity index (χ1n) is 5.22. The minimum absolute atomic E-state index is 0.885. The van der Waals surface area contributed by atoms with Crippen molar-refractivity contribution in [1.82, 2.24) is 5.32 Å². The van der Waals surface area contributed by atoms with Crippen LogP contribution < -0.4 is 5.32 Å². The normalized spacial score (nSPS) is 17.8. The van der Waals surface area contributed by atoms with Crippen LogP contribution in [0.25, 0.3) is 0 Å². The van der Waals surface area contributed by atoms with E-state index in [1.807, 2.05) is 0 Å². The van der Waals surface area contributed by atoms with E-state index in [-0.39, 0.29) is 0 Å². The van der Waals surface area contributed by atoms with Gasteiger partial charge in [-0.15, -0.1) is 0 Å². The fraction of sp³-hybridized carbons (Fsp3) is 1.00. The Kier molecular flexibility index (Phi) is 5.37. The van der Waals surface area contributed by atoms with Crippen LogP contribution in [0.15, 0.2) is 0 Å². The molecule has 0 aliphatic heterocycles. The van der Waals surface area contributed by atoms with Crippen LogP contribution in [0.3, 0.4) is 0 Å². The van der Waals surface area contributed by atoms with Crippen molar-refractivity contribution in [1.29, 1.82) is 0 Å². The first kappa shape index (κ1) is 10.0. The van der Waals surface area contributed by atoms with Crippen LogP contribution in [-0.2, 0) is 4.74 Å². The van der Waals surface area contributed by atoms with E-state index in [9.17, 15) is 0 Å². The highest BCUT2D eigenvalue weighted by Gasteiger charge is 2.16. The molecular formula is C10H21NO. The molecule has 0 heterocycles. The van der Waals surface area contributed by atoms with Gasteiger partial charge in [0.05, 0.1) is 6.61 Å². The molecule has 2 heteroatoms. The first-order chi connectivity index (χ1) is 5.93. The average Bonchev–Trinajstić information content (AvgIpc) is 2.00. The van der Waals surface area contributed by atoms with Crippen molar-refractivity contribution in [2.24, 2.45) is 5.92 Å². The molecule has 1 aliphatic rings. The fourth-order valence-corrected chi connectivity index (χ4v) is 1.36.